The van der Waals surface area contributed by atoms with Gasteiger partial charge in [-0.3, -0.25) is 4.79 Å². The number of para-hydroxylation sites is 1. The maximum Gasteiger partial charge on any atom is 0.274 e. The van der Waals surface area contributed by atoms with Gasteiger partial charge in [-0.1, -0.05) is 12.1 Å². The summed E-state index contributed by atoms with van der Waals surface area (Å²) in [4.78, 5) is 16.6. The Kier molecular flexibility index (Phi) is 3.09. The van der Waals surface area contributed by atoms with E-state index in [1.54, 1.807) is 42.6 Å². The minimum absolute atomic E-state index is 0.340. The number of benzene rings is 1. The highest BCUT2D eigenvalue weighted by Crippen LogP contribution is 2.15. The fourth-order valence-electron chi connectivity index (χ4n) is 2.06. The lowest BCUT2D eigenvalue weighted by Gasteiger charge is -2.07. The van der Waals surface area contributed by atoms with Gasteiger partial charge in [0.1, 0.15) is 11.8 Å². The summed E-state index contributed by atoms with van der Waals surface area (Å²) in [5.41, 5.74) is 2.63. The number of fused-ring (bicyclic) bond motifs is 1. The highest BCUT2D eigenvalue weighted by molar-refractivity contribution is 6.04. The van der Waals surface area contributed by atoms with Gasteiger partial charge in [0, 0.05) is 12.3 Å². The van der Waals surface area contributed by atoms with Gasteiger partial charge in [0.25, 0.3) is 5.91 Å². The Bertz CT molecular complexity index is 875. The van der Waals surface area contributed by atoms with Gasteiger partial charge < -0.3 is 5.32 Å². The monoisotopic (exact) mass is 277 g/mol. The lowest BCUT2D eigenvalue weighted by molar-refractivity contribution is 0.102. The smallest absolute Gasteiger partial charge is 0.274 e. The van der Waals surface area contributed by atoms with Crippen LogP contribution in [0, 0.1) is 18.3 Å². The van der Waals surface area contributed by atoms with Crippen molar-refractivity contribution in [3.63, 3.8) is 0 Å². The molecule has 0 spiro atoms. The van der Waals surface area contributed by atoms with Crippen molar-refractivity contribution in [1.82, 2.24) is 14.6 Å². The zero-order valence-corrected chi connectivity index (χ0v) is 11.2. The van der Waals surface area contributed by atoms with Crippen molar-refractivity contribution in [1.29, 1.82) is 5.26 Å². The summed E-state index contributed by atoms with van der Waals surface area (Å²) in [6.45, 7) is 1.83. The number of rotatable bonds is 2. The topological polar surface area (TPSA) is 83.1 Å². The van der Waals surface area contributed by atoms with Crippen LogP contribution in [0.25, 0.3) is 5.65 Å². The zero-order valence-electron chi connectivity index (χ0n) is 11.2. The summed E-state index contributed by atoms with van der Waals surface area (Å²) < 4.78 is 1.49. The maximum atomic E-state index is 12.4. The minimum Gasteiger partial charge on any atom is -0.319 e. The fourth-order valence-corrected chi connectivity index (χ4v) is 2.06. The molecule has 0 aliphatic rings. The SMILES string of the molecule is Cc1cc2nccc(C(=O)Nc3ccccc3C#N)n2n1. The molecule has 6 nitrogen and oxygen atoms in total. The third kappa shape index (κ3) is 2.32. The van der Waals surface area contributed by atoms with Crippen LogP contribution in [-0.4, -0.2) is 20.5 Å². The van der Waals surface area contributed by atoms with E-state index in [0.29, 0.717) is 22.6 Å². The van der Waals surface area contributed by atoms with E-state index >= 15 is 0 Å². The normalized spacial score (nSPS) is 10.3. The fraction of sp³-hybridized carbons (Fsp3) is 0.0667. The molecule has 102 valence electrons. The molecule has 3 rings (SSSR count). The van der Waals surface area contributed by atoms with Crippen LogP contribution in [0.15, 0.2) is 42.6 Å². The molecule has 1 N–H and O–H groups in total. The molecule has 0 fully saturated rings. The Labute approximate surface area is 120 Å². The predicted molar refractivity (Wildman–Crippen MR) is 76.8 cm³/mol. The number of carbonyl (C=O) groups excluding carboxylic acids is 1. The molecule has 0 bridgehead atoms. The molecular formula is C15H11N5O. The van der Waals surface area contributed by atoms with E-state index in [4.69, 9.17) is 5.26 Å². The van der Waals surface area contributed by atoms with Crippen molar-refractivity contribution in [2.45, 2.75) is 6.92 Å². The van der Waals surface area contributed by atoms with Crippen LogP contribution in [0.5, 0.6) is 0 Å². The lowest BCUT2D eigenvalue weighted by Crippen LogP contribution is -2.17. The van der Waals surface area contributed by atoms with Gasteiger partial charge in [0.15, 0.2) is 5.65 Å². The molecule has 3 aromatic rings. The van der Waals surface area contributed by atoms with Crippen molar-refractivity contribution >= 4 is 17.2 Å². The van der Waals surface area contributed by atoms with Crippen LogP contribution in [0.3, 0.4) is 0 Å². The van der Waals surface area contributed by atoms with E-state index in [1.165, 1.54) is 4.52 Å². The number of hydrogen-bond acceptors (Lipinski definition) is 4. The third-order valence-corrected chi connectivity index (χ3v) is 3.01. The molecule has 2 heterocycles. The molecule has 0 saturated heterocycles. The molecule has 2 aromatic heterocycles. The van der Waals surface area contributed by atoms with E-state index < -0.39 is 0 Å². The van der Waals surface area contributed by atoms with Gasteiger partial charge in [-0.15, -0.1) is 0 Å². The third-order valence-electron chi connectivity index (χ3n) is 3.01. The number of carbonyl (C=O) groups is 1. The molecule has 0 unspecified atom stereocenters. The lowest BCUT2D eigenvalue weighted by atomic mass is 10.2. The van der Waals surface area contributed by atoms with Crippen molar-refractivity contribution in [3.8, 4) is 6.07 Å². The molecule has 0 radical (unpaired) electrons. The second kappa shape index (κ2) is 5.06. The van der Waals surface area contributed by atoms with Crippen LogP contribution in [-0.2, 0) is 0 Å². The van der Waals surface area contributed by atoms with E-state index in [-0.39, 0.29) is 5.91 Å². The first-order chi connectivity index (χ1) is 10.2. The zero-order chi connectivity index (χ0) is 14.8. The number of aryl methyl sites for hydroxylation is 1. The number of nitrogens with zero attached hydrogens (tertiary/aromatic N) is 4. The molecule has 0 aliphatic carbocycles. The first-order valence-electron chi connectivity index (χ1n) is 6.31. The van der Waals surface area contributed by atoms with Gasteiger partial charge in [-0.25, -0.2) is 9.50 Å². The van der Waals surface area contributed by atoms with Gasteiger partial charge in [0.05, 0.1) is 16.9 Å². The standard InChI is InChI=1S/C15H11N5O/c1-10-8-14-17-7-6-13(20(14)19-10)15(21)18-12-5-3-2-4-11(12)9-16/h2-8H,1H3,(H,18,21). The van der Waals surface area contributed by atoms with E-state index in [2.05, 4.69) is 15.4 Å². The predicted octanol–water partition coefficient (Wildman–Crippen LogP) is 2.16. The molecule has 1 aromatic carbocycles. The maximum absolute atomic E-state index is 12.4. The van der Waals surface area contributed by atoms with Crippen molar-refractivity contribution < 1.29 is 4.79 Å². The second-order valence-electron chi connectivity index (χ2n) is 4.50. The summed E-state index contributed by atoms with van der Waals surface area (Å²) in [7, 11) is 0. The summed E-state index contributed by atoms with van der Waals surface area (Å²) in [5.74, 6) is -0.340. The Hall–Kier alpha value is -3.20. The number of amides is 1. The highest BCUT2D eigenvalue weighted by atomic mass is 16.2. The van der Waals surface area contributed by atoms with Crippen molar-refractivity contribution in [3.05, 3.63) is 59.5 Å². The molecule has 0 saturated carbocycles. The average molecular weight is 277 g/mol. The summed E-state index contributed by atoms with van der Waals surface area (Å²) in [5, 5.41) is 16.0. The van der Waals surface area contributed by atoms with Crippen LogP contribution < -0.4 is 5.32 Å². The van der Waals surface area contributed by atoms with E-state index in [9.17, 15) is 4.79 Å². The van der Waals surface area contributed by atoms with Gasteiger partial charge >= 0.3 is 0 Å². The number of anilines is 1. The summed E-state index contributed by atoms with van der Waals surface area (Å²) >= 11 is 0. The molecule has 21 heavy (non-hydrogen) atoms. The highest BCUT2D eigenvalue weighted by Gasteiger charge is 2.13. The quantitative estimate of drug-likeness (QED) is 0.778. The van der Waals surface area contributed by atoms with Crippen LogP contribution >= 0.6 is 0 Å². The Balaban J connectivity index is 2.00. The van der Waals surface area contributed by atoms with Gasteiger partial charge in [-0.2, -0.15) is 10.4 Å². The average Bonchev–Trinajstić information content (AvgIpc) is 2.87. The van der Waals surface area contributed by atoms with Crippen molar-refractivity contribution in [2.75, 3.05) is 5.32 Å². The Morgan fingerprint density at radius 3 is 2.95 bits per heavy atom. The summed E-state index contributed by atoms with van der Waals surface area (Å²) in [6, 6.07) is 12.3. The van der Waals surface area contributed by atoms with Crippen LogP contribution in [0.1, 0.15) is 21.7 Å². The Morgan fingerprint density at radius 1 is 1.33 bits per heavy atom. The summed E-state index contributed by atoms with van der Waals surface area (Å²) in [6.07, 6.45) is 1.56. The second-order valence-corrected chi connectivity index (χ2v) is 4.50. The van der Waals surface area contributed by atoms with E-state index in [1.807, 2.05) is 13.0 Å². The van der Waals surface area contributed by atoms with Gasteiger partial charge in [-0.05, 0) is 25.1 Å². The Morgan fingerprint density at radius 2 is 2.14 bits per heavy atom. The number of aromatic nitrogens is 3. The molecule has 6 heteroatoms. The van der Waals surface area contributed by atoms with E-state index in [0.717, 1.165) is 5.69 Å². The molecule has 1 amide bonds. The largest absolute Gasteiger partial charge is 0.319 e. The van der Waals surface area contributed by atoms with Crippen LogP contribution in [0.2, 0.25) is 0 Å². The number of nitriles is 1. The minimum atomic E-state index is -0.340. The molecule has 0 aliphatic heterocycles. The first-order valence-corrected chi connectivity index (χ1v) is 6.31. The van der Waals surface area contributed by atoms with Gasteiger partial charge in [0.2, 0.25) is 0 Å². The van der Waals surface area contributed by atoms with Crippen LogP contribution in [0.4, 0.5) is 5.69 Å². The molecular weight excluding hydrogens is 266 g/mol. The van der Waals surface area contributed by atoms with Crippen molar-refractivity contribution in [2.24, 2.45) is 0 Å². The number of nitrogens with one attached hydrogen (secondary N) is 1. The molecule has 0 atom stereocenters. The first kappa shape index (κ1) is 12.8. The number of hydrogen-bond donors (Lipinski definition) is 1.